The highest BCUT2D eigenvalue weighted by Gasteiger charge is 1.98. The van der Waals surface area contributed by atoms with Crippen LogP contribution < -0.4 is 0 Å². The highest BCUT2D eigenvalue weighted by atomic mass is 16.5. The van der Waals surface area contributed by atoms with E-state index >= 15 is 0 Å². The van der Waals surface area contributed by atoms with Gasteiger partial charge in [0.05, 0.1) is 24.7 Å². The van der Waals surface area contributed by atoms with Gasteiger partial charge in [0.25, 0.3) is 0 Å². The molecule has 0 heterocycles. The molecular formula is C10H18O3. The van der Waals surface area contributed by atoms with Crippen molar-refractivity contribution in [2.75, 3.05) is 0 Å². The van der Waals surface area contributed by atoms with Crippen molar-refractivity contribution >= 4 is 0 Å². The lowest BCUT2D eigenvalue weighted by molar-refractivity contribution is 0.219. The van der Waals surface area contributed by atoms with E-state index < -0.39 is 12.2 Å². The summed E-state index contributed by atoms with van der Waals surface area (Å²) >= 11 is 0. The van der Waals surface area contributed by atoms with Crippen LogP contribution in [0.2, 0.25) is 0 Å². The summed E-state index contributed by atoms with van der Waals surface area (Å²) in [4.78, 5) is 0. The molecule has 0 bridgehead atoms. The van der Waals surface area contributed by atoms with Crippen molar-refractivity contribution in [2.24, 2.45) is 0 Å². The van der Waals surface area contributed by atoms with Crippen molar-refractivity contribution in [3.8, 4) is 0 Å². The van der Waals surface area contributed by atoms with E-state index in [9.17, 15) is 0 Å². The monoisotopic (exact) mass is 186 g/mol. The molecule has 0 aliphatic heterocycles. The molecule has 76 valence electrons. The Kier molecular flexibility index (Phi) is 5.42. The van der Waals surface area contributed by atoms with Crippen LogP contribution in [0.4, 0.5) is 0 Å². The standard InChI is InChI=1S/C10H18O3/c1-7(9(3)11)5-13-6-8(2)10(4)12/h5-6,9-12H,1-4H3/b7-5+,8-6+. The van der Waals surface area contributed by atoms with Gasteiger partial charge in [-0.25, -0.2) is 0 Å². The molecule has 0 aliphatic rings. The van der Waals surface area contributed by atoms with Gasteiger partial charge in [0.2, 0.25) is 0 Å². The van der Waals surface area contributed by atoms with Gasteiger partial charge >= 0.3 is 0 Å². The molecule has 0 rings (SSSR count). The summed E-state index contributed by atoms with van der Waals surface area (Å²) < 4.78 is 5.04. The van der Waals surface area contributed by atoms with Crippen LogP contribution in [0.15, 0.2) is 23.7 Å². The van der Waals surface area contributed by atoms with Gasteiger partial charge in [-0.1, -0.05) is 0 Å². The van der Waals surface area contributed by atoms with E-state index in [2.05, 4.69) is 0 Å². The molecule has 2 unspecified atom stereocenters. The van der Waals surface area contributed by atoms with E-state index in [0.717, 1.165) is 11.1 Å². The quantitative estimate of drug-likeness (QED) is 0.655. The number of hydrogen-bond acceptors (Lipinski definition) is 3. The Hall–Kier alpha value is -0.800. The van der Waals surface area contributed by atoms with Crippen LogP contribution in [0.3, 0.4) is 0 Å². The first kappa shape index (κ1) is 12.2. The van der Waals surface area contributed by atoms with Crippen molar-refractivity contribution in [1.29, 1.82) is 0 Å². The minimum Gasteiger partial charge on any atom is -0.473 e. The van der Waals surface area contributed by atoms with Crippen LogP contribution in [-0.2, 0) is 4.74 Å². The molecule has 0 fully saturated rings. The Bertz CT molecular complexity index is 180. The molecule has 0 aliphatic carbocycles. The van der Waals surface area contributed by atoms with Crippen LogP contribution in [0, 0.1) is 0 Å². The average Bonchev–Trinajstić information content (AvgIpc) is 2.03. The smallest absolute Gasteiger partial charge is 0.0916 e. The molecule has 0 aromatic heterocycles. The molecule has 0 aromatic carbocycles. The topological polar surface area (TPSA) is 49.7 Å². The Morgan fingerprint density at radius 2 is 1.31 bits per heavy atom. The molecule has 0 saturated carbocycles. The molecule has 2 atom stereocenters. The van der Waals surface area contributed by atoms with Gasteiger partial charge < -0.3 is 14.9 Å². The van der Waals surface area contributed by atoms with Crippen molar-refractivity contribution in [1.82, 2.24) is 0 Å². The van der Waals surface area contributed by atoms with E-state index in [4.69, 9.17) is 14.9 Å². The largest absolute Gasteiger partial charge is 0.473 e. The Labute approximate surface area is 79.3 Å². The number of ether oxygens (including phenoxy) is 1. The fourth-order valence-electron chi connectivity index (χ4n) is 0.446. The lowest BCUT2D eigenvalue weighted by atomic mass is 10.2. The fourth-order valence-corrected chi connectivity index (χ4v) is 0.446. The molecule has 0 saturated heterocycles. The second-order valence-corrected chi connectivity index (χ2v) is 3.21. The molecule has 0 spiro atoms. The van der Waals surface area contributed by atoms with E-state index in [1.807, 2.05) is 0 Å². The average molecular weight is 186 g/mol. The lowest BCUT2D eigenvalue weighted by Crippen LogP contribution is -2.02. The number of rotatable bonds is 4. The van der Waals surface area contributed by atoms with Gasteiger partial charge in [0.15, 0.2) is 0 Å². The van der Waals surface area contributed by atoms with Crippen molar-refractivity contribution < 1.29 is 14.9 Å². The zero-order chi connectivity index (χ0) is 10.4. The Morgan fingerprint density at radius 3 is 1.54 bits per heavy atom. The summed E-state index contributed by atoms with van der Waals surface area (Å²) in [5.41, 5.74) is 1.49. The molecule has 3 nitrogen and oxygen atoms in total. The SMILES string of the molecule is C/C(=C\O/C=C(\C)C(C)O)C(C)O. The van der Waals surface area contributed by atoms with Crippen molar-refractivity contribution in [3.05, 3.63) is 23.7 Å². The molecule has 3 heteroatoms. The van der Waals surface area contributed by atoms with Gasteiger partial charge in [-0.2, -0.15) is 0 Å². The maximum atomic E-state index is 9.08. The first-order valence-electron chi connectivity index (χ1n) is 4.30. The minimum atomic E-state index is -0.500. The lowest BCUT2D eigenvalue weighted by Gasteiger charge is -2.05. The highest BCUT2D eigenvalue weighted by Crippen LogP contribution is 2.03. The summed E-state index contributed by atoms with van der Waals surface area (Å²) in [5, 5.41) is 18.2. The molecule has 0 amide bonds. The van der Waals surface area contributed by atoms with E-state index in [1.165, 1.54) is 12.5 Å². The summed E-state index contributed by atoms with van der Waals surface area (Å²) in [7, 11) is 0. The Morgan fingerprint density at radius 1 is 1.00 bits per heavy atom. The maximum Gasteiger partial charge on any atom is 0.0916 e. The zero-order valence-corrected chi connectivity index (χ0v) is 8.61. The minimum absolute atomic E-state index is 0.500. The predicted molar refractivity (Wildman–Crippen MR) is 52.0 cm³/mol. The summed E-state index contributed by atoms with van der Waals surface area (Å²) in [6.07, 6.45) is 1.94. The maximum absolute atomic E-state index is 9.08. The van der Waals surface area contributed by atoms with Crippen molar-refractivity contribution in [3.63, 3.8) is 0 Å². The van der Waals surface area contributed by atoms with E-state index in [1.54, 1.807) is 27.7 Å². The molecule has 13 heavy (non-hydrogen) atoms. The molecule has 0 radical (unpaired) electrons. The van der Waals surface area contributed by atoms with Crippen LogP contribution in [0.1, 0.15) is 27.7 Å². The van der Waals surface area contributed by atoms with Crippen LogP contribution in [0.25, 0.3) is 0 Å². The van der Waals surface area contributed by atoms with Crippen LogP contribution in [-0.4, -0.2) is 22.4 Å². The summed E-state index contributed by atoms with van der Waals surface area (Å²) in [6.45, 7) is 6.88. The first-order valence-corrected chi connectivity index (χ1v) is 4.30. The van der Waals surface area contributed by atoms with Gasteiger partial charge in [-0.05, 0) is 38.8 Å². The molecule has 0 aromatic rings. The third kappa shape index (κ3) is 5.44. The highest BCUT2D eigenvalue weighted by molar-refractivity contribution is 5.02. The zero-order valence-electron chi connectivity index (χ0n) is 8.61. The van der Waals surface area contributed by atoms with Gasteiger partial charge in [0, 0.05) is 0 Å². The summed E-state index contributed by atoms with van der Waals surface area (Å²) in [5.74, 6) is 0. The molecule has 2 N–H and O–H groups in total. The third-order valence-corrected chi connectivity index (χ3v) is 1.83. The van der Waals surface area contributed by atoms with Crippen LogP contribution >= 0.6 is 0 Å². The van der Waals surface area contributed by atoms with Gasteiger partial charge in [-0.3, -0.25) is 0 Å². The van der Waals surface area contributed by atoms with Gasteiger partial charge in [-0.15, -0.1) is 0 Å². The fraction of sp³-hybridized carbons (Fsp3) is 0.600. The predicted octanol–water partition coefficient (Wildman–Crippen LogP) is 1.57. The number of aliphatic hydroxyl groups excluding tert-OH is 2. The van der Waals surface area contributed by atoms with E-state index in [0.29, 0.717) is 0 Å². The number of hydrogen-bond donors (Lipinski definition) is 2. The van der Waals surface area contributed by atoms with Gasteiger partial charge in [0.1, 0.15) is 0 Å². The normalized spacial score (nSPS) is 18.3. The van der Waals surface area contributed by atoms with Crippen molar-refractivity contribution in [2.45, 2.75) is 39.9 Å². The summed E-state index contributed by atoms with van der Waals surface area (Å²) in [6, 6.07) is 0. The first-order chi connectivity index (χ1) is 5.95. The number of aliphatic hydroxyl groups is 2. The van der Waals surface area contributed by atoms with E-state index in [-0.39, 0.29) is 0 Å². The third-order valence-electron chi connectivity index (χ3n) is 1.83. The molecular weight excluding hydrogens is 168 g/mol. The second-order valence-electron chi connectivity index (χ2n) is 3.21. The second kappa shape index (κ2) is 5.78. The van der Waals surface area contributed by atoms with Crippen LogP contribution in [0.5, 0.6) is 0 Å². The Balaban J connectivity index is 4.04.